The SMILES string of the molecule is CCC1CN(CC(=O)Nc2nc(C)cs2)CCC1N. The molecule has 0 aliphatic carbocycles. The van der Waals surface area contributed by atoms with Crippen LogP contribution in [0.4, 0.5) is 5.13 Å². The maximum atomic E-state index is 11.9. The van der Waals surface area contributed by atoms with Crippen LogP contribution in [-0.2, 0) is 4.79 Å². The van der Waals surface area contributed by atoms with Crippen LogP contribution in [-0.4, -0.2) is 41.5 Å². The molecule has 1 aliphatic heterocycles. The van der Waals surface area contributed by atoms with Gasteiger partial charge in [-0.05, 0) is 19.3 Å². The standard InChI is InChI=1S/C13H22N4OS/c1-3-10-6-17(5-4-11(10)14)7-12(18)16-13-15-9(2)8-19-13/h8,10-11H,3-7,14H2,1-2H3,(H,15,16,18). The number of nitrogens with zero attached hydrogens (tertiary/aromatic N) is 2. The highest BCUT2D eigenvalue weighted by Crippen LogP contribution is 2.19. The number of rotatable bonds is 4. The lowest BCUT2D eigenvalue weighted by Gasteiger charge is -2.35. The zero-order chi connectivity index (χ0) is 13.8. The molecule has 1 amide bonds. The number of anilines is 1. The van der Waals surface area contributed by atoms with Gasteiger partial charge in [0.2, 0.25) is 5.91 Å². The van der Waals surface area contributed by atoms with E-state index >= 15 is 0 Å². The van der Waals surface area contributed by atoms with E-state index in [9.17, 15) is 4.79 Å². The summed E-state index contributed by atoms with van der Waals surface area (Å²) in [6.07, 6.45) is 2.05. The summed E-state index contributed by atoms with van der Waals surface area (Å²) in [6.45, 7) is 6.34. The summed E-state index contributed by atoms with van der Waals surface area (Å²) >= 11 is 1.46. The van der Waals surface area contributed by atoms with Gasteiger partial charge in [-0.3, -0.25) is 9.69 Å². The van der Waals surface area contributed by atoms with Gasteiger partial charge in [0.1, 0.15) is 0 Å². The highest BCUT2D eigenvalue weighted by molar-refractivity contribution is 7.13. The summed E-state index contributed by atoms with van der Waals surface area (Å²) in [7, 11) is 0. The third-order valence-electron chi connectivity index (χ3n) is 3.63. The third kappa shape index (κ3) is 3.99. The van der Waals surface area contributed by atoms with Gasteiger partial charge in [-0.2, -0.15) is 0 Å². The molecule has 0 saturated carbocycles. The van der Waals surface area contributed by atoms with Crippen molar-refractivity contribution in [3.8, 4) is 0 Å². The Kier molecular flexibility index (Phi) is 4.90. The third-order valence-corrected chi connectivity index (χ3v) is 4.51. The van der Waals surface area contributed by atoms with Crippen LogP contribution >= 0.6 is 11.3 Å². The van der Waals surface area contributed by atoms with E-state index in [-0.39, 0.29) is 11.9 Å². The summed E-state index contributed by atoms with van der Waals surface area (Å²) in [5.74, 6) is 0.517. The fourth-order valence-electron chi connectivity index (χ4n) is 2.47. The van der Waals surface area contributed by atoms with E-state index < -0.39 is 0 Å². The molecule has 5 nitrogen and oxygen atoms in total. The normalized spacial score (nSPS) is 24.4. The summed E-state index contributed by atoms with van der Waals surface area (Å²) in [6, 6.07) is 0.283. The molecule has 1 aromatic heterocycles. The first-order valence-electron chi connectivity index (χ1n) is 6.78. The molecule has 3 N–H and O–H groups in total. The summed E-state index contributed by atoms with van der Waals surface area (Å²) < 4.78 is 0. The van der Waals surface area contributed by atoms with Gasteiger partial charge in [-0.1, -0.05) is 13.3 Å². The predicted molar refractivity (Wildman–Crippen MR) is 78.3 cm³/mol. The number of amides is 1. The molecule has 1 aliphatic rings. The molecule has 0 bridgehead atoms. The molecule has 0 radical (unpaired) electrons. The fourth-order valence-corrected chi connectivity index (χ4v) is 3.18. The maximum Gasteiger partial charge on any atom is 0.240 e. The van der Waals surface area contributed by atoms with E-state index in [1.54, 1.807) is 0 Å². The minimum absolute atomic E-state index is 0.0136. The van der Waals surface area contributed by atoms with Crippen LogP contribution in [0.1, 0.15) is 25.5 Å². The fraction of sp³-hybridized carbons (Fsp3) is 0.692. The van der Waals surface area contributed by atoms with Crippen molar-refractivity contribution in [1.82, 2.24) is 9.88 Å². The molecular weight excluding hydrogens is 260 g/mol. The molecule has 2 heterocycles. The van der Waals surface area contributed by atoms with Crippen LogP contribution in [0.5, 0.6) is 0 Å². The first kappa shape index (κ1) is 14.4. The smallest absolute Gasteiger partial charge is 0.240 e. The Balaban J connectivity index is 1.82. The number of hydrogen-bond donors (Lipinski definition) is 2. The van der Waals surface area contributed by atoms with Crippen molar-refractivity contribution >= 4 is 22.4 Å². The van der Waals surface area contributed by atoms with E-state index in [0.717, 1.165) is 31.6 Å². The molecule has 2 rings (SSSR count). The van der Waals surface area contributed by atoms with E-state index in [0.29, 0.717) is 17.6 Å². The zero-order valence-corrected chi connectivity index (χ0v) is 12.4. The van der Waals surface area contributed by atoms with Crippen molar-refractivity contribution in [2.24, 2.45) is 11.7 Å². The second kappa shape index (κ2) is 6.45. The average molecular weight is 282 g/mol. The number of carbonyl (C=O) groups excluding carboxylic acids is 1. The average Bonchev–Trinajstić information content (AvgIpc) is 2.77. The number of aromatic nitrogens is 1. The Morgan fingerprint density at radius 2 is 2.47 bits per heavy atom. The summed E-state index contributed by atoms with van der Waals surface area (Å²) in [4.78, 5) is 18.4. The molecule has 0 aromatic carbocycles. The van der Waals surface area contributed by atoms with Crippen LogP contribution in [0.15, 0.2) is 5.38 Å². The lowest BCUT2D eigenvalue weighted by Crippen LogP contribution is -2.48. The van der Waals surface area contributed by atoms with Crippen molar-refractivity contribution in [3.63, 3.8) is 0 Å². The number of nitrogens with two attached hydrogens (primary N) is 1. The van der Waals surface area contributed by atoms with Crippen LogP contribution in [0.3, 0.4) is 0 Å². The van der Waals surface area contributed by atoms with Crippen molar-refractivity contribution in [2.45, 2.75) is 32.7 Å². The Bertz CT molecular complexity index is 434. The van der Waals surface area contributed by atoms with Crippen LogP contribution < -0.4 is 11.1 Å². The van der Waals surface area contributed by atoms with Gasteiger partial charge >= 0.3 is 0 Å². The summed E-state index contributed by atoms with van der Waals surface area (Å²) in [5.41, 5.74) is 7.01. The molecule has 1 aromatic rings. The molecule has 1 saturated heterocycles. The number of likely N-dealkylation sites (tertiary alicyclic amines) is 1. The van der Waals surface area contributed by atoms with Crippen LogP contribution in [0, 0.1) is 12.8 Å². The van der Waals surface area contributed by atoms with Crippen molar-refractivity contribution in [1.29, 1.82) is 0 Å². The second-order valence-electron chi connectivity index (χ2n) is 5.20. The van der Waals surface area contributed by atoms with E-state index in [4.69, 9.17) is 5.73 Å². The van der Waals surface area contributed by atoms with Crippen LogP contribution in [0.25, 0.3) is 0 Å². The molecule has 2 atom stereocenters. The highest BCUT2D eigenvalue weighted by Gasteiger charge is 2.26. The molecule has 19 heavy (non-hydrogen) atoms. The monoisotopic (exact) mass is 282 g/mol. The number of aryl methyl sites for hydroxylation is 1. The van der Waals surface area contributed by atoms with Gasteiger partial charge in [0, 0.05) is 24.5 Å². The van der Waals surface area contributed by atoms with Gasteiger partial charge in [-0.25, -0.2) is 4.98 Å². The molecule has 0 spiro atoms. The number of thiazole rings is 1. The zero-order valence-electron chi connectivity index (χ0n) is 11.6. The molecular formula is C13H22N4OS. The first-order valence-corrected chi connectivity index (χ1v) is 7.66. The van der Waals surface area contributed by atoms with Gasteiger partial charge in [0.15, 0.2) is 5.13 Å². The number of hydrogen-bond acceptors (Lipinski definition) is 5. The van der Waals surface area contributed by atoms with Gasteiger partial charge in [0.05, 0.1) is 12.2 Å². The molecule has 6 heteroatoms. The van der Waals surface area contributed by atoms with Crippen LogP contribution in [0.2, 0.25) is 0 Å². The lowest BCUT2D eigenvalue weighted by molar-refractivity contribution is -0.117. The Labute approximate surface area is 118 Å². The quantitative estimate of drug-likeness (QED) is 0.877. The Morgan fingerprint density at radius 1 is 1.68 bits per heavy atom. The van der Waals surface area contributed by atoms with Crippen molar-refractivity contribution < 1.29 is 4.79 Å². The van der Waals surface area contributed by atoms with Crippen molar-refractivity contribution in [2.75, 3.05) is 25.0 Å². The lowest BCUT2D eigenvalue weighted by atomic mass is 9.91. The second-order valence-corrected chi connectivity index (χ2v) is 6.06. The largest absolute Gasteiger partial charge is 0.327 e. The van der Waals surface area contributed by atoms with Crippen molar-refractivity contribution in [3.05, 3.63) is 11.1 Å². The van der Waals surface area contributed by atoms with E-state index in [1.807, 2.05) is 12.3 Å². The molecule has 1 fully saturated rings. The Hall–Kier alpha value is -0.980. The number of carbonyl (C=O) groups is 1. The topological polar surface area (TPSA) is 71.2 Å². The van der Waals surface area contributed by atoms with Gasteiger partial charge < -0.3 is 11.1 Å². The highest BCUT2D eigenvalue weighted by atomic mass is 32.1. The number of nitrogens with one attached hydrogen (secondary N) is 1. The minimum Gasteiger partial charge on any atom is -0.327 e. The molecule has 106 valence electrons. The predicted octanol–water partition coefficient (Wildman–Crippen LogP) is 1.45. The van der Waals surface area contributed by atoms with E-state index in [2.05, 4.69) is 22.1 Å². The Morgan fingerprint density at radius 3 is 3.11 bits per heavy atom. The minimum atomic E-state index is 0.0136. The van der Waals surface area contributed by atoms with E-state index in [1.165, 1.54) is 11.3 Å². The first-order chi connectivity index (χ1) is 9.08. The molecule has 2 unspecified atom stereocenters. The number of piperidine rings is 1. The maximum absolute atomic E-state index is 11.9. The van der Waals surface area contributed by atoms with Gasteiger partial charge in [0.25, 0.3) is 0 Å². The summed E-state index contributed by atoms with van der Waals surface area (Å²) in [5, 5.41) is 5.47. The van der Waals surface area contributed by atoms with Gasteiger partial charge in [-0.15, -0.1) is 11.3 Å².